The summed E-state index contributed by atoms with van der Waals surface area (Å²) >= 11 is 0. The molecule has 19 heavy (non-hydrogen) atoms. The first-order chi connectivity index (χ1) is 8.69. The lowest BCUT2D eigenvalue weighted by Gasteiger charge is -2.35. The van der Waals surface area contributed by atoms with Crippen molar-refractivity contribution in [2.45, 2.75) is 70.0 Å². The second kappa shape index (κ2) is 3.89. The fraction of sp³-hybridized carbons (Fsp3) is 0.917. The van der Waals surface area contributed by atoms with E-state index < -0.39 is 48.2 Å². The molecule has 7 nitrogen and oxygen atoms in total. The fourth-order valence-corrected chi connectivity index (χ4v) is 2.81. The molecule has 3 heterocycles. The van der Waals surface area contributed by atoms with Gasteiger partial charge in [-0.15, -0.1) is 0 Å². The number of hydrogen-bond donors (Lipinski definition) is 1. The molecule has 0 unspecified atom stereocenters. The summed E-state index contributed by atoms with van der Waals surface area (Å²) in [4.78, 5) is 11.3. The summed E-state index contributed by atoms with van der Waals surface area (Å²) in [6.45, 7) is 6.97. The number of rotatable bonds is 1. The molecule has 3 saturated heterocycles. The highest BCUT2D eigenvalue weighted by Crippen LogP contribution is 2.43. The van der Waals surface area contributed by atoms with Gasteiger partial charge in [-0.3, -0.25) is 0 Å². The van der Waals surface area contributed by atoms with E-state index in [-0.39, 0.29) is 0 Å². The second-order valence-corrected chi connectivity index (χ2v) is 5.93. The molecule has 108 valence electrons. The Morgan fingerprint density at radius 1 is 0.895 bits per heavy atom. The molecular formula is C12H18O7. The molecule has 3 aliphatic heterocycles. The molecule has 0 aromatic heterocycles. The van der Waals surface area contributed by atoms with Gasteiger partial charge in [0.15, 0.2) is 24.0 Å². The predicted molar refractivity (Wildman–Crippen MR) is 60.2 cm³/mol. The molecule has 0 aromatic rings. The van der Waals surface area contributed by atoms with Crippen molar-refractivity contribution in [3.8, 4) is 0 Å². The van der Waals surface area contributed by atoms with Crippen LogP contribution in [-0.2, 0) is 28.5 Å². The summed E-state index contributed by atoms with van der Waals surface area (Å²) < 4.78 is 28.2. The van der Waals surface area contributed by atoms with E-state index in [1.54, 1.807) is 27.7 Å². The second-order valence-electron chi connectivity index (χ2n) is 5.93. The normalized spacial score (nSPS) is 46.6. The van der Waals surface area contributed by atoms with Crippen molar-refractivity contribution in [2.75, 3.05) is 0 Å². The number of carboxylic acids is 1. The summed E-state index contributed by atoms with van der Waals surface area (Å²) in [5, 5.41) is 9.25. The third-order valence-electron chi connectivity index (χ3n) is 3.40. The van der Waals surface area contributed by atoms with Crippen LogP contribution < -0.4 is 0 Å². The van der Waals surface area contributed by atoms with E-state index in [9.17, 15) is 9.90 Å². The maximum atomic E-state index is 11.3. The summed E-state index contributed by atoms with van der Waals surface area (Å²) in [5.41, 5.74) is 0. The van der Waals surface area contributed by atoms with E-state index in [0.717, 1.165) is 0 Å². The van der Waals surface area contributed by atoms with Gasteiger partial charge in [-0.05, 0) is 27.7 Å². The maximum absolute atomic E-state index is 11.3. The SMILES string of the molecule is CC1(C)O[C@H]2[C@@H](O1)[C@@H](C(=O)O)O[C@H]1OC(C)(C)O[C@@H]12. The first kappa shape index (κ1) is 13.3. The molecular weight excluding hydrogens is 256 g/mol. The van der Waals surface area contributed by atoms with Crippen molar-refractivity contribution in [1.82, 2.24) is 0 Å². The van der Waals surface area contributed by atoms with Crippen molar-refractivity contribution < 1.29 is 33.6 Å². The minimum absolute atomic E-state index is 0.489. The molecule has 5 atom stereocenters. The van der Waals surface area contributed by atoms with Crippen LogP contribution in [0.3, 0.4) is 0 Å². The highest BCUT2D eigenvalue weighted by Gasteiger charge is 2.62. The van der Waals surface area contributed by atoms with Crippen molar-refractivity contribution in [3.05, 3.63) is 0 Å². The first-order valence-corrected chi connectivity index (χ1v) is 6.28. The zero-order chi connectivity index (χ0) is 14.0. The van der Waals surface area contributed by atoms with Crippen LogP contribution in [0.2, 0.25) is 0 Å². The molecule has 0 aliphatic carbocycles. The van der Waals surface area contributed by atoms with Gasteiger partial charge in [0.2, 0.25) is 0 Å². The maximum Gasteiger partial charge on any atom is 0.335 e. The van der Waals surface area contributed by atoms with Crippen molar-refractivity contribution in [3.63, 3.8) is 0 Å². The summed E-state index contributed by atoms with van der Waals surface area (Å²) in [6, 6.07) is 0. The Morgan fingerprint density at radius 3 is 2.05 bits per heavy atom. The summed E-state index contributed by atoms with van der Waals surface area (Å²) in [6.07, 6.45) is -3.58. The monoisotopic (exact) mass is 274 g/mol. The average Bonchev–Trinajstić information content (AvgIpc) is 2.70. The lowest BCUT2D eigenvalue weighted by molar-refractivity contribution is -0.237. The lowest BCUT2D eigenvalue weighted by Crippen LogP contribution is -2.57. The smallest absolute Gasteiger partial charge is 0.335 e. The number of carboxylic acid groups (broad SMARTS) is 1. The lowest BCUT2D eigenvalue weighted by atomic mass is 9.99. The number of fused-ring (bicyclic) bond motifs is 3. The highest BCUT2D eigenvalue weighted by atomic mass is 16.9. The van der Waals surface area contributed by atoms with Crippen LogP contribution in [0.15, 0.2) is 0 Å². The van der Waals surface area contributed by atoms with E-state index in [1.165, 1.54) is 0 Å². The van der Waals surface area contributed by atoms with Crippen LogP contribution in [0.5, 0.6) is 0 Å². The van der Waals surface area contributed by atoms with E-state index in [4.69, 9.17) is 23.7 Å². The minimum atomic E-state index is -1.12. The first-order valence-electron chi connectivity index (χ1n) is 6.28. The summed E-state index contributed by atoms with van der Waals surface area (Å²) in [7, 11) is 0. The Labute approximate surface area is 110 Å². The fourth-order valence-electron chi connectivity index (χ4n) is 2.81. The Hall–Kier alpha value is -0.730. The third kappa shape index (κ3) is 2.15. The van der Waals surface area contributed by atoms with E-state index >= 15 is 0 Å². The van der Waals surface area contributed by atoms with E-state index in [0.29, 0.717) is 0 Å². The molecule has 7 heteroatoms. The quantitative estimate of drug-likeness (QED) is 0.744. The molecule has 0 spiro atoms. The van der Waals surface area contributed by atoms with E-state index in [1.807, 2.05) is 0 Å². The summed E-state index contributed by atoms with van der Waals surface area (Å²) in [5.74, 6) is -2.79. The molecule has 1 N–H and O–H groups in total. The minimum Gasteiger partial charge on any atom is -0.479 e. The molecule has 0 amide bonds. The van der Waals surface area contributed by atoms with Crippen molar-refractivity contribution in [2.24, 2.45) is 0 Å². The highest BCUT2D eigenvalue weighted by molar-refractivity contribution is 5.73. The number of ether oxygens (including phenoxy) is 5. The molecule has 0 bridgehead atoms. The van der Waals surface area contributed by atoms with E-state index in [2.05, 4.69) is 0 Å². The zero-order valence-electron chi connectivity index (χ0n) is 11.3. The number of hydrogen-bond acceptors (Lipinski definition) is 6. The molecule has 3 fully saturated rings. The molecule has 0 radical (unpaired) electrons. The van der Waals surface area contributed by atoms with Gasteiger partial charge in [0.1, 0.15) is 18.3 Å². The van der Waals surface area contributed by atoms with Gasteiger partial charge in [-0.2, -0.15) is 0 Å². The van der Waals surface area contributed by atoms with Gasteiger partial charge in [0.05, 0.1) is 0 Å². The average molecular weight is 274 g/mol. The zero-order valence-corrected chi connectivity index (χ0v) is 11.3. The van der Waals surface area contributed by atoms with Gasteiger partial charge in [0, 0.05) is 0 Å². The largest absolute Gasteiger partial charge is 0.479 e. The van der Waals surface area contributed by atoms with Gasteiger partial charge in [0.25, 0.3) is 0 Å². The molecule has 3 rings (SSSR count). The molecule has 0 aromatic carbocycles. The van der Waals surface area contributed by atoms with Gasteiger partial charge >= 0.3 is 5.97 Å². The predicted octanol–water partition coefficient (Wildman–Crippen LogP) is 0.467. The van der Waals surface area contributed by atoms with Crippen molar-refractivity contribution in [1.29, 1.82) is 0 Å². The van der Waals surface area contributed by atoms with Gasteiger partial charge in [-0.25, -0.2) is 4.79 Å². The van der Waals surface area contributed by atoms with Crippen LogP contribution in [0, 0.1) is 0 Å². The van der Waals surface area contributed by atoms with Crippen LogP contribution in [-0.4, -0.2) is 53.4 Å². The molecule has 0 saturated carbocycles. The third-order valence-corrected chi connectivity index (χ3v) is 3.40. The van der Waals surface area contributed by atoms with Crippen molar-refractivity contribution >= 4 is 5.97 Å². The number of aliphatic carboxylic acids is 1. The standard InChI is InChI=1S/C12H18O7/c1-11(2)16-5-6(17-11)8-10(15-7(5)9(13)14)19-12(3,4)18-8/h5-8,10H,1-4H3,(H,13,14)/t5-,6+,7+,8-,10+/m1/s1. The Morgan fingerprint density at radius 2 is 1.42 bits per heavy atom. The van der Waals surface area contributed by atoms with Gasteiger partial charge < -0.3 is 28.8 Å². The Balaban J connectivity index is 1.91. The van der Waals surface area contributed by atoms with Crippen LogP contribution in [0.4, 0.5) is 0 Å². The van der Waals surface area contributed by atoms with Crippen LogP contribution >= 0.6 is 0 Å². The Kier molecular flexibility index (Phi) is 2.72. The van der Waals surface area contributed by atoms with Gasteiger partial charge in [-0.1, -0.05) is 0 Å². The topological polar surface area (TPSA) is 83.5 Å². The molecule has 3 aliphatic rings. The van der Waals surface area contributed by atoms with Crippen LogP contribution in [0.1, 0.15) is 27.7 Å². The number of carbonyl (C=O) groups is 1. The van der Waals surface area contributed by atoms with Crippen LogP contribution in [0.25, 0.3) is 0 Å². The Bertz CT molecular complexity index is 405.